The fourth-order valence-corrected chi connectivity index (χ4v) is 1.37. The van der Waals surface area contributed by atoms with E-state index in [1.54, 1.807) is 0 Å². The Bertz CT molecular complexity index is 407. The second kappa shape index (κ2) is 5.20. The van der Waals surface area contributed by atoms with E-state index in [9.17, 15) is 9.59 Å². The van der Waals surface area contributed by atoms with Crippen LogP contribution in [0, 0.1) is 0 Å². The molecular weight excluding hydrogens is 224 g/mol. The number of hydrogen-bond donors (Lipinski definition) is 2. The van der Waals surface area contributed by atoms with Crippen LogP contribution in [-0.2, 0) is 16.1 Å². The second-order valence-electron chi connectivity index (χ2n) is 3.50. The lowest BCUT2D eigenvalue weighted by Crippen LogP contribution is -2.44. The first-order valence-electron chi connectivity index (χ1n) is 5.14. The highest BCUT2D eigenvalue weighted by molar-refractivity contribution is 5.72. The zero-order valence-electron chi connectivity index (χ0n) is 9.01. The third kappa shape index (κ3) is 3.37. The molecule has 2 N–H and O–H groups in total. The monoisotopic (exact) mass is 236 g/mol. The molecule has 0 unspecified atom stereocenters. The van der Waals surface area contributed by atoms with Gasteiger partial charge in [-0.1, -0.05) is 30.3 Å². The zero-order valence-corrected chi connectivity index (χ0v) is 9.01. The normalized spacial score (nSPS) is 18.1. The summed E-state index contributed by atoms with van der Waals surface area (Å²) in [6, 6.07) is 9.32. The number of cyclic esters (lactones) is 1. The molecule has 1 fully saturated rings. The van der Waals surface area contributed by atoms with Crippen LogP contribution in [0.1, 0.15) is 5.56 Å². The SMILES string of the molecule is O=C(N[C@H]1COC(=O)N1)OCc1ccccc1. The lowest BCUT2D eigenvalue weighted by molar-refractivity contribution is 0.132. The molecule has 0 radical (unpaired) electrons. The fourth-order valence-electron chi connectivity index (χ4n) is 1.37. The van der Waals surface area contributed by atoms with Crippen LogP contribution in [0.15, 0.2) is 30.3 Å². The Morgan fingerprint density at radius 1 is 1.47 bits per heavy atom. The maximum absolute atomic E-state index is 11.3. The highest BCUT2D eigenvalue weighted by Crippen LogP contribution is 2.01. The van der Waals surface area contributed by atoms with E-state index < -0.39 is 18.4 Å². The molecule has 17 heavy (non-hydrogen) atoms. The van der Waals surface area contributed by atoms with Crippen LogP contribution >= 0.6 is 0 Å². The highest BCUT2D eigenvalue weighted by atomic mass is 16.6. The van der Waals surface area contributed by atoms with Crippen molar-refractivity contribution in [3.63, 3.8) is 0 Å². The molecule has 2 amide bonds. The number of alkyl carbamates (subject to hydrolysis) is 2. The molecule has 1 saturated heterocycles. The van der Waals surface area contributed by atoms with Crippen molar-refractivity contribution in [3.8, 4) is 0 Å². The summed E-state index contributed by atoms with van der Waals surface area (Å²) >= 11 is 0. The van der Waals surface area contributed by atoms with Gasteiger partial charge in [0.05, 0.1) is 0 Å². The molecule has 6 heteroatoms. The summed E-state index contributed by atoms with van der Waals surface area (Å²) in [6.07, 6.45) is -1.66. The van der Waals surface area contributed by atoms with Gasteiger partial charge in [0.1, 0.15) is 19.4 Å². The minimum Gasteiger partial charge on any atom is -0.445 e. The van der Waals surface area contributed by atoms with E-state index in [1.165, 1.54) is 0 Å². The van der Waals surface area contributed by atoms with Crippen molar-refractivity contribution >= 4 is 12.2 Å². The summed E-state index contributed by atoms with van der Waals surface area (Å²) in [6.45, 7) is 0.299. The average molecular weight is 236 g/mol. The van der Waals surface area contributed by atoms with Gasteiger partial charge in [-0.25, -0.2) is 9.59 Å². The van der Waals surface area contributed by atoms with Crippen molar-refractivity contribution in [3.05, 3.63) is 35.9 Å². The van der Waals surface area contributed by atoms with Gasteiger partial charge >= 0.3 is 12.2 Å². The predicted molar refractivity (Wildman–Crippen MR) is 58.0 cm³/mol. The Morgan fingerprint density at radius 3 is 2.88 bits per heavy atom. The molecular formula is C11H12N2O4. The van der Waals surface area contributed by atoms with E-state index in [0.29, 0.717) is 0 Å². The standard InChI is InChI=1S/C11H12N2O4/c14-10(12-9-7-17-11(15)13-9)16-6-8-4-2-1-3-5-8/h1-5,9H,6-7H2,(H,12,14)(H,13,15)/t9-/m1/s1. The average Bonchev–Trinajstić information content (AvgIpc) is 2.73. The van der Waals surface area contributed by atoms with Gasteiger partial charge < -0.3 is 9.47 Å². The van der Waals surface area contributed by atoms with E-state index in [1.807, 2.05) is 30.3 Å². The van der Waals surface area contributed by atoms with Crippen LogP contribution in [-0.4, -0.2) is 25.0 Å². The van der Waals surface area contributed by atoms with Gasteiger partial charge in [0.15, 0.2) is 0 Å². The number of nitrogens with one attached hydrogen (secondary N) is 2. The third-order valence-corrected chi connectivity index (χ3v) is 2.18. The first kappa shape index (κ1) is 11.3. The van der Waals surface area contributed by atoms with Crippen LogP contribution in [0.5, 0.6) is 0 Å². The molecule has 1 aliphatic rings. The van der Waals surface area contributed by atoms with Crippen LogP contribution in [0.3, 0.4) is 0 Å². The lowest BCUT2D eigenvalue weighted by Gasteiger charge is -2.10. The molecule has 1 heterocycles. The van der Waals surface area contributed by atoms with Crippen molar-refractivity contribution in [2.24, 2.45) is 0 Å². The first-order chi connectivity index (χ1) is 8.24. The molecule has 0 aliphatic carbocycles. The molecule has 1 aliphatic heterocycles. The van der Waals surface area contributed by atoms with Crippen molar-refractivity contribution < 1.29 is 19.1 Å². The lowest BCUT2D eigenvalue weighted by atomic mass is 10.2. The summed E-state index contributed by atoms with van der Waals surface area (Å²) in [5.41, 5.74) is 0.898. The van der Waals surface area contributed by atoms with Gasteiger partial charge in [0.25, 0.3) is 0 Å². The number of carbonyl (C=O) groups is 2. The molecule has 1 atom stereocenters. The molecule has 0 bridgehead atoms. The van der Waals surface area contributed by atoms with Crippen LogP contribution in [0.25, 0.3) is 0 Å². The number of hydrogen-bond acceptors (Lipinski definition) is 4. The Morgan fingerprint density at radius 2 is 2.24 bits per heavy atom. The highest BCUT2D eigenvalue weighted by Gasteiger charge is 2.23. The summed E-state index contributed by atoms with van der Waals surface area (Å²) < 4.78 is 9.58. The van der Waals surface area contributed by atoms with Crippen molar-refractivity contribution in [1.29, 1.82) is 0 Å². The molecule has 0 spiro atoms. The van der Waals surface area contributed by atoms with Gasteiger partial charge in [-0.15, -0.1) is 0 Å². The maximum atomic E-state index is 11.3. The fraction of sp³-hybridized carbons (Fsp3) is 0.273. The molecule has 90 valence electrons. The number of carbonyl (C=O) groups excluding carboxylic acids is 2. The smallest absolute Gasteiger partial charge is 0.409 e. The maximum Gasteiger partial charge on any atom is 0.409 e. The van der Waals surface area contributed by atoms with Gasteiger partial charge in [-0.3, -0.25) is 10.6 Å². The second-order valence-corrected chi connectivity index (χ2v) is 3.50. The predicted octanol–water partition coefficient (Wildman–Crippen LogP) is 0.979. The largest absolute Gasteiger partial charge is 0.445 e. The van der Waals surface area contributed by atoms with Crippen LogP contribution in [0.2, 0.25) is 0 Å². The van der Waals surface area contributed by atoms with Crippen molar-refractivity contribution in [2.75, 3.05) is 6.61 Å². The molecule has 0 saturated carbocycles. The van der Waals surface area contributed by atoms with Crippen molar-refractivity contribution in [2.45, 2.75) is 12.8 Å². The number of rotatable bonds is 3. The molecule has 6 nitrogen and oxygen atoms in total. The van der Waals surface area contributed by atoms with Crippen LogP contribution in [0.4, 0.5) is 9.59 Å². The summed E-state index contributed by atoms with van der Waals surface area (Å²) in [4.78, 5) is 22.0. The topological polar surface area (TPSA) is 76.7 Å². The van der Waals surface area contributed by atoms with E-state index >= 15 is 0 Å². The molecule has 0 aromatic heterocycles. The van der Waals surface area contributed by atoms with E-state index in [0.717, 1.165) is 5.56 Å². The number of benzene rings is 1. The summed E-state index contributed by atoms with van der Waals surface area (Å²) in [5, 5.41) is 4.87. The molecule has 2 rings (SSSR count). The number of amides is 2. The van der Waals surface area contributed by atoms with Crippen molar-refractivity contribution in [1.82, 2.24) is 10.6 Å². The minimum absolute atomic E-state index is 0.110. The van der Waals surface area contributed by atoms with Gasteiger partial charge in [-0.2, -0.15) is 0 Å². The Kier molecular flexibility index (Phi) is 3.44. The third-order valence-electron chi connectivity index (χ3n) is 2.18. The summed E-state index contributed by atoms with van der Waals surface area (Å²) in [5.74, 6) is 0. The first-order valence-corrected chi connectivity index (χ1v) is 5.14. The van der Waals surface area contributed by atoms with Crippen LogP contribution < -0.4 is 10.6 Å². The molecule has 1 aromatic carbocycles. The van der Waals surface area contributed by atoms with Gasteiger partial charge in [0.2, 0.25) is 0 Å². The van der Waals surface area contributed by atoms with E-state index in [-0.39, 0.29) is 13.2 Å². The van der Waals surface area contributed by atoms with Gasteiger partial charge in [0, 0.05) is 0 Å². The Balaban J connectivity index is 1.73. The molecule has 1 aromatic rings. The Hall–Kier alpha value is -2.24. The van der Waals surface area contributed by atoms with E-state index in [2.05, 4.69) is 15.4 Å². The summed E-state index contributed by atoms with van der Waals surface area (Å²) in [7, 11) is 0. The Labute approximate surface area is 97.9 Å². The number of ether oxygens (including phenoxy) is 2. The zero-order chi connectivity index (χ0) is 12.1. The van der Waals surface area contributed by atoms with Gasteiger partial charge in [-0.05, 0) is 5.56 Å². The minimum atomic E-state index is -0.593. The van der Waals surface area contributed by atoms with E-state index in [4.69, 9.17) is 4.74 Å². The quantitative estimate of drug-likeness (QED) is 0.820.